The van der Waals surface area contributed by atoms with E-state index < -0.39 is 0 Å². The van der Waals surface area contributed by atoms with Crippen LogP contribution in [-0.4, -0.2) is 10.3 Å². The zero-order valence-electron chi connectivity index (χ0n) is 11.3. The third-order valence-corrected chi connectivity index (χ3v) is 3.42. The van der Waals surface area contributed by atoms with Gasteiger partial charge in [-0.2, -0.15) is 0 Å². The van der Waals surface area contributed by atoms with Crippen molar-refractivity contribution < 1.29 is 4.63 Å². The van der Waals surface area contributed by atoms with Gasteiger partial charge in [0.2, 0.25) is 0 Å². The van der Waals surface area contributed by atoms with Gasteiger partial charge in [-0.3, -0.25) is 0 Å². The lowest BCUT2D eigenvalue weighted by Gasteiger charge is -2.10. The van der Waals surface area contributed by atoms with Gasteiger partial charge in [0.15, 0.2) is 11.0 Å². The lowest BCUT2D eigenvalue weighted by atomic mass is 10.1. The minimum atomic E-state index is 0.570. The number of nitrogens with two attached hydrogens (primary N) is 1. The first-order valence-corrected chi connectivity index (χ1v) is 6.61. The summed E-state index contributed by atoms with van der Waals surface area (Å²) in [6.45, 7) is 2.89. The highest BCUT2D eigenvalue weighted by Gasteiger charge is 2.10. The molecule has 0 aliphatic carbocycles. The van der Waals surface area contributed by atoms with Crippen molar-refractivity contribution in [1.82, 2.24) is 10.3 Å². The largest absolute Gasteiger partial charge is 0.397 e. The third kappa shape index (κ3) is 2.18. The highest BCUT2D eigenvalue weighted by molar-refractivity contribution is 5.94. The van der Waals surface area contributed by atoms with Crippen molar-refractivity contribution in [1.29, 1.82) is 0 Å². The number of hydrogen-bond donors (Lipinski definition) is 2. The number of anilines is 2. The van der Waals surface area contributed by atoms with Gasteiger partial charge < -0.3 is 11.1 Å². The van der Waals surface area contributed by atoms with Gasteiger partial charge in [0.1, 0.15) is 0 Å². The molecule has 0 saturated heterocycles. The zero-order valence-corrected chi connectivity index (χ0v) is 11.3. The van der Waals surface area contributed by atoms with Gasteiger partial charge in [-0.1, -0.05) is 31.2 Å². The van der Waals surface area contributed by atoms with Crippen LogP contribution >= 0.6 is 0 Å². The van der Waals surface area contributed by atoms with Crippen LogP contribution in [0.3, 0.4) is 0 Å². The van der Waals surface area contributed by atoms with Crippen LogP contribution in [0.2, 0.25) is 0 Å². The van der Waals surface area contributed by atoms with E-state index in [4.69, 9.17) is 10.4 Å². The average molecular weight is 268 g/mol. The van der Waals surface area contributed by atoms with Gasteiger partial charge in [-0.05, 0) is 40.0 Å². The van der Waals surface area contributed by atoms with Gasteiger partial charge in [0.25, 0.3) is 0 Å². The molecule has 0 aliphatic heterocycles. The van der Waals surface area contributed by atoms with Crippen LogP contribution in [0.15, 0.2) is 41.0 Å². The van der Waals surface area contributed by atoms with Gasteiger partial charge >= 0.3 is 0 Å². The van der Waals surface area contributed by atoms with Crippen molar-refractivity contribution in [2.45, 2.75) is 19.9 Å². The molecule has 3 aromatic rings. The highest BCUT2D eigenvalue weighted by atomic mass is 16.6. The minimum Gasteiger partial charge on any atom is -0.397 e. The maximum absolute atomic E-state index is 5.83. The monoisotopic (exact) mass is 268 g/mol. The fraction of sp³-hybridized carbons (Fsp3) is 0.200. The summed E-state index contributed by atoms with van der Waals surface area (Å²) in [5, 5.41) is 11.1. The number of aryl methyl sites for hydroxylation is 1. The SMILES string of the molecule is CCc1ccccc1CNc1ccc(N)c2nonc12. The Bertz CT molecular complexity index is 736. The van der Waals surface area contributed by atoms with Crippen molar-refractivity contribution >= 4 is 22.4 Å². The maximum Gasteiger partial charge on any atom is 0.160 e. The Morgan fingerprint density at radius 1 is 1.05 bits per heavy atom. The second-order valence-electron chi connectivity index (χ2n) is 4.64. The van der Waals surface area contributed by atoms with E-state index in [1.54, 1.807) is 6.07 Å². The van der Waals surface area contributed by atoms with Crippen LogP contribution in [0.1, 0.15) is 18.1 Å². The minimum absolute atomic E-state index is 0.570. The maximum atomic E-state index is 5.83. The van der Waals surface area contributed by atoms with Gasteiger partial charge in [0.05, 0.1) is 11.4 Å². The standard InChI is InChI=1S/C15H16N4O/c1-2-10-5-3-4-6-11(10)9-17-13-8-7-12(16)14-15(13)19-20-18-14/h3-8,17H,2,9,16H2,1H3. The quantitative estimate of drug-likeness (QED) is 0.711. The molecule has 5 nitrogen and oxygen atoms in total. The molecule has 102 valence electrons. The van der Waals surface area contributed by atoms with E-state index in [2.05, 4.69) is 40.8 Å². The molecule has 3 N–H and O–H groups in total. The van der Waals surface area contributed by atoms with Crippen molar-refractivity contribution in [2.24, 2.45) is 0 Å². The molecule has 5 heteroatoms. The Kier molecular flexibility index (Phi) is 3.25. The lowest BCUT2D eigenvalue weighted by Crippen LogP contribution is -2.03. The Labute approximate surface area is 116 Å². The Morgan fingerprint density at radius 3 is 2.60 bits per heavy atom. The molecular formula is C15H16N4O. The normalized spacial score (nSPS) is 10.8. The van der Waals surface area contributed by atoms with E-state index in [0.29, 0.717) is 16.7 Å². The molecule has 0 saturated carbocycles. The van der Waals surface area contributed by atoms with Crippen molar-refractivity contribution in [3.8, 4) is 0 Å². The van der Waals surface area contributed by atoms with Crippen LogP contribution in [0.5, 0.6) is 0 Å². The van der Waals surface area contributed by atoms with Gasteiger partial charge in [-0.25, -0.2) is 4.63 Å². The second kappa shape index (κ2) is 5.21. The Hall–Kier alpha value is -2.56. The number of nitrogens with zero attached hydrogens (tertiary/aromatic N) is 2. The van der Waals surface area contributed by atoms with Crippen molar-refractivity contribution in [3.63, 3.8) is 0 Å². The third-order valence-electron chi connectivity index (χ3n) is 3.42. The highest BCUT2D eigenvalue weighted by Crippen LogP contribution is 2.25. The lowest BCUT2D eigenvalue weighted by molar-refractivity contribution is 0.316. The summed E-state index contributed by atoms with van der Waals surface area (Å²) < 4.78 is 4.76. The van der Waals surface area contributed by atoms with E-state index in [0.717, 1.165) is 18.7 Å². The molecule has 0 radical (unpaired) electrons. The first-order chi connectivity index (χ1) is 9.79. The predicted molar refractivity (Wildman–Crippen MR) is 79.4 cm³/mol. The Morgan fingerprint density at radius 2 is 1.80 bits per heavy atom. The van der Waals surface area contributed by atoms with E-state index >= 15 is 0 Å². The van der Waals surface area contributed by atoms with Crippen LogP contribution in [0.4, 0.5) is 11.4 Å². The second-order valence-corrected chi connectivity index (χ2v) is 4.64. The number of fused-ring (bicyclic) bond motifs is 1. The summed E-state index contributed by atoms with van der Waals surface area (Å²) in [4.78, 5) is 0. The summed E-state index contributed by atoms with van der Waals surface area (Å²) in [7, 11) is 0. The molecule has 0 spiro atoms. The smallest absolute Gasteiger partial charge is 0.160 e. The summed E-state index contributed by atoms with van der Waals surface area (Å²) in [5.41, 5.74) is 11.2. The number of benzene rings is 2. The fourth-order valence-electron chi connectivity index (χ4n) is 2.29. The molecule has 0 atom stereocenters. The fourth-order valence-corrected chi connectivity index (χ4v) is 2.29. The van der Waals surface area contributed by atoms with Crippen LogP contribution < -0.4 is 11.1 Å². The molecule has 1 aromatic heterocycles. The molecule has 20 heavy (non-hydrogen) atoms. The molecule has 2 aromatic carbocycles. The molecule has 0 fully saturated rings. The molecule has 0 amide bonds. The molecule has 0 unspecified atom stereocenters. The molecule has 0 bridgehead atoms. The summed E-state index contributed by atoms with van der Waals surface area (Å²) in [5.74, 6) is 0. The number of rotatable bonds is 4. The summed E-state index contributed by atoms with van der Waals surface area (Å²) >= 11 is 0. The van der Waals surface area contributed by atoms with Crippen molar-refractivity contribution in [3.05, 3.63) is 47.5 Å². The first kappa shape index (κ1) is 12.5. The van der Waals surface area contributed by atoms with Crippen LogP contribution in [0.25, 0.3) is 11.0 Å². The topological polar surface area (TPSA) is 77.0 Å². The molecular weight excluding hydrogens is 252 g/mol. The summed E-state index contributed by atoms with van der Waals surface area (Å²) in [6.07, 6.45) is 1.01. The molecule has 3 rings (SSSR count). The number of aromatic nitrogens is 2. The van der Waals surface area contributed by atoms with Gasteiger partial charge in [0, 0.05) is 6.54 Å². The predicted octanol–water partition coefficient (Wildman–Crippen LogP) is 2.98. The van der Waals surface area contributed by atoms with E-state index in [1.165, 1.54) is 11.1 Å². The van der Waals surface area contributed by atoms with E-state index in [1.807, 2.05) is 12.1 Å². The number of hydrogen-bond acceptors (Lipinski definition) is 5. The van der Waals surface area contributed by atoms with Crippen LogP contribution in [0, 0.1) is 0 Å². The number of nitrogen functional groups attached to an aromatic ring is 1. The van der Waals surface area contributed by atoms with Gasteiger partial charge in [-0.15, -0.1) is 0 Å². The van der Waals surface area contributed by atoms with E-state index in [9.17, 15) is 0 Å². The molecule has 0 aliphatic rings. The van der Waals surface area contributed by atoms with Crippen LogP contribution in [-0.2, 0) is 13.0 Å². The Balaban J connectivity index is 1.87. The average Bonchev–Trinajstić information content (AvgIpc) is 2.97. The zero-order chi connectivity index (χ0) is 13.9. The first-order valence-electron chi connectivity index (χ1n) is 6.61. The van der Waals surface area contributed by atoms with E-state index in [-0.39, 0.29) is 0 Å². The van der Waals surface area contributed by atoms with Crippen molar-refractivity contribution in [2.75, 3.05) is 11.1 Å². The molecule has 1 heterocycles. The number of nitrogens with one attached hydrogen (secondary N) is 1. The summed E-state index contributed by atoms with van der Waals surface area (Å²) in [6, 6.07) is 12.1.